The van der Waals surface area contributed by atoms with Crippen LogP contribution in [0.3, 0.4) is 0 Å². The summed E-state index contributed by atoms with van der Waals surface area (Å²) >= 11 is 6.36. The van der Waals surface area contributed by atoms with E-state index in [-0.39, 0.29) is 18.1 Å². The summed E-state index contributed by atoms with van der Waals surface area (Å²) < 4.78 is 0. The number of piperazine rings is 1. The van der Waals surface area contributed by atoms with Crippen LogP contribution in [0.15, 0.2) is 66.7 Å². The summed E-state index contributed by atoms with van der Waals surface area (Å²) in [5.41, 5.74) is 5.38. The van der Waals surface area contributed by atoms with Crippen LogP contribution in [0.5, 0.6) is 0 Å². The maximum absolute atomic E-state index is 13.4. The van der Waals surface area contributed by atoms with Gasteiger partial charge in [-0.1, -0.05) is 41.9 Å². The normalized spacial score (nSPS) is 17.3. The molecule has 42 heavy (non-hydrogen) atoms. The molecule has 0 aromatic heterocycles. The zero-order valence-corrected chi connectivity index (χ0v) is 25.2. The third-order valence-electron chi connectivity index (χ3n) is 8.60. The molecule has 1 saturated carbocycles. The molecule has 3 aromatic rings. The molecule has 220 valence electrons. The fourth-order valence-corrected chi connectivity index (χ4v) is 6.54. The molecule has 0 bridgehead atoms. The number of aryl methyl sites for hydroxylation is 1. The highest BCUT2D eigenvalue weighted by atomic mass is 35.5. The van der Waals surface area contributed by atoms with Crippen LogP contribution in [-0.2, 0) is 11.2 Å². The molecule has 2 fully saturated rings. The highest BCUT2D eigenvalue weighted by Crippen LogP contribution is 2.29. The van der Waals surface area contributed by atoms with Gasteiger partial charge in [0.05, 0.1) is 5.02 Å². The van der Waals surface area contributed by atoms with Crippen molar-refractivity contribution in [3.05, 3.63) is 94.0 Å². The van der Waals surface area contributed by atoms with E-state index in [0.717, 1.165) is 63.1 Å². The minimum absolute atomic E-state index is 0.0695. The number of Topliss-reactive ketones (excluding diaryl/α,β-unsaturated/α-hetero) is 2. The van der Waals surface area contributed by atoms with Gasteiger partial charge < -0.3 is 15.1 Å². The van der Waals surface area contributed by atoms with E-state index in [9.17, 15) is 14.4 Å². The fraction of sp³-hybridized carbons (Fsp3) is 0.400. The summed E-state index contributed by atoms with van der Waals surface area (Å²) in [7, 11) is 0. The Morgan fingerprint density at radius 3 is 2.38 bits per heavy atom. The SMILES string of the molecule is Cc1ccccc1N1CCN(c2ccc(C(=O)NCCCC3CCCC(=O)C3)cc2CC(=O)c2ccccc2Cl)CC1. The van der Waals surface area contributed by atoms with Gasteiger partial charge in [0.2, 0.25) is 0 Å². The van der Waals surface area contributed by atoms with E-state index in [1.165, 1.54) is 11.3 Å². The number of amides is 1. The molecule has 1 N–H and O–H groups in total. The predicted octanol–water partition coefficient (Wildman–Crippen LogP) is 6.67. The van der Waals surface area contributed by atoms with Gasteiger partial charge in [0.15, 0.2) is 5.78 Å². The predicted molar refractivity (Wildman–Crippen MR) is 170 cm³/mol. The lowest BCUT2D eigenvalue weighted by molar-refractivity contribution is -0.121. The molecule has 2 aliphatic rings. The van der Waals surface area contributed by atoms with Gasteiger partial charge in [0, 0.05) is 74.5 Å². The summed E-state index contributed by atoms with van der Waals surface area (Å²) in [5, 5.41) is 3.48. The van der Waals surface area contributed by atoms with Gasteiger partial charge in [-0.2, -0.15) is 0 Å². The zero-order chi connectivity index (χ0) is 29.5. The molecule has 1 amide bonds. The molecule has 1 saturated heterocycles. The quantitative estimate of drug-likeness (QED) is 0.213. The lowest BCUT2D eigenvalue weighted by Gasteiger charge is -2.38. The maximum Gasteiger partial charge on any atom is 0.251 e. The maximum atomic E-state index is 13.4. The second-order valence-electron chi connectivity index (χ2n) is 11.6. The van der Waals surface area contributed by atoms with Crippen molar-refractivity contribution in [1.82, 2.24) is 5.32 Å². The number of anilines is 2. The molecule has 0 spiro atoms. The Kier molecular flexibility index (Phi) is 9.96. The van der Waals surface area contributed by atoms with E-state index >= 15 is 0 Å². The Hall–Kier alpha value is -3.64. The number of hydrogen-bond acceptors (Lipinski definition) is 5. The van der Waals surface area contributed by atoms with Crippen molar-refractivity contribution in [2.75, 3.05) is 42.5 Å². The van der Waals surface area contributed by atoms with Crippen LogP contribution < -0.4 is 15.1 Å². The summed E-state index contributed by atoms with van der Waals surface area (Å²) in [6, 6.07) is 21.3. The third kappa shape index (κ3) is 7.40. The highest BCUT2D eigenvalue weighted by molar-refractivity contribution is 6.34. The number of nitrogens with one attached hydrogen (secondary N) is 1. The topological polar surface area (TPSA) is 69.7 Å². The molecule has 7 heteroatoms. The largest absolute Gasteiger partial charge is 0.368 e. The Labute approximate surface area is 254 Å². The molecule has 1 atom stereocenters. The van der Waals surface area contributed by atoms with E-state index in [2.05, 4.69) is 46.3 Å². The molecule has 1 aliphatic heterocycles. The van der Waals surface area contributed by atoms with E-state index in [1.807, 2.05) is 30.3 Å². The average Bonchev–Trinajstić information content (AvgIpc) is 3.00. The van der Waals surface area contributed by atoms with Crippen LogP contribution in [0.4, 0.5) is 11.4 Å². The van der Waals surface area contributed by atoms with Crippen molar-refractivity contribution >= 4 is 40.4 Å². The third-order valence-corrected chi connectivity index (χ3v) is 8.93. The van der Waals surface area contributed by atoms with Crippen molar-refractivity contribution in [2.24, 2.45) is 5.92 Å². The van der Waals surface area contributed by atoms with Crippen molar-refractivity contribution in [1.29, 1.82) is 0 Å². The van der Waals surface area contributed by atoms with Crippen LogP contribution in [0.25, 0.3) is 0 Å². The first-order valence-electron chi connectivity index (χ1n) is 15.1. The first-order chi connectivity index (χ1) is 20.4. The fourth-order valence-electron chi connectivity index (χ4n) is 6.29. The molecule has 1 aliphatic carbocycles. The highest BCUT2D eigenvalue weighted by Gasteiger charge is 2.23. The number of para-hydroxylation sites is 1. The smallest absolute Gasteiger partial charge is 0.251 e. The number of carbonyl (C=O) groups excluding carboxylic acids is 3. The van der Waals surface area contributed by atoms with Crippen molar-refractivity contribution < 1.29 is 14.4 Å². The van der Waals surface area contributed by atoms with Gasteiger partial charge in [-0.3, -0.25) is 14.4 Å². The molecule has 1 heterocycles. The number of rotatable bonds is 10. The first-order valence-corrected chi connectivity index (χ1v) is 15.5. The number of hydrogen-bond donors (Lipinski definition) is 1. The zero-order valence-electron chi connectivity index (χ0n) is 24.4. The van der Waals surface area contributed by atoms with Crippen LogP contribution >= 0.6 is 11.6 Å². The van der Waals surface area contributed by atoms with Gasteiger partial charge >= 0.3 is 0 Å². The van der Waals surface area contributed by atoms with Crippen LogP contribution in [0, 0.1) is 12.8 Å². The van der Waals surface area contributed by atoms with E-state index in [1.54, 1.807) is 12.1 Å². The molecule has 6 nitrogen and oxygen atoms in total. The Morgan fingerprint density at radius 1 is 0.929 bits per heavy atom. The summed E-state index contributed by atoms with van der Waals surface area (Å²) in [5.74, 6) is 0.596. The Morgan fingerprint density at radius 2 is 1.64 bits per heavy atom. The summed E-state index contributed by atoms with van der Waals surface area (Å²) in [6.45, 7) is 6.09. The number of benzene rings is 3. The second-order valence-corrected chi connectivity index (χ2v) is 12.0. The van der Waals surface area contributed by atoms with Gasteiger partial charge in [0.1, 0.15) is 5.78 Å². The Balaban J connectivity index is 1.28. The molecule has 5 rings (SSSR count). The van der Waals surface area contributed by atoms with Crippen LogP contribution in [-0.4, -0.2) is 50.2 Å². The minimum Gasteiger partial charge on any atom is -0.368 e. The average molecular weight is 586 g/mol. The van der Waals surface area contributed by atoms with Crippen LogP contribution in [0.2, 0.25) is 5.02 Å². The molecule has 0 radical (unpaired) electrons. The number of halogens is 1. The first kappa shape index (κ1) is 29.8. The van der Waals surface area contributed by atoms with Crippen LogP contribution in [0.1, 0.15) is 70.4 Å². The minimum atomic E-state index is -0.142. The number of ketones is 2. The molecule has 3 aromatic carbocycles. The van der Waals surface area contributed by atoms with E-state index < -0.39 is 0 Å². The molecular formula is C35H40ClN3O3. The van der Waals surface area contributed by atoms with E-state index in [4.69, 9.17) is 11.6 Å². The molecule has 1 unspecified atom stereocenters. The van der Waals surface area contributed by atoms with Gasteiger partial charge in [-0.15, -0.1) is 0 Å². The number of carbonyl (C=O) groups is 3. The lowest BCUT2D eigenvalue weighted by atomic mass is 9.85. The number of nitrogens with zero attached hydrogens (tertiary/aromatic N) is 2. The summed E-state index contributed by atoms with van der Waals surface area (Å²) in [6.07, 6.45) is 5.45. The second kappa shape index (κ2) is 14.0. The standard InChI is InChI=1S/C35H40ClN3O3/c1-25-8-2-5-14-32(25)38-18-20-39(21-19-38)33-16-15-27(23-28(33)24-34(41)30-12-3-4-13-31(30)36)35(42)37-17-7-10-26-9-6-11-29(40)22-26/h2-5,8,12-16,23,26H,6-7,9-11,17-22,24H2,1H3,(H,37,42). The van der Waals surface area contributed by atoms with Crippen molar-refractivity contribution in [3.8, 4) is 0 Å². The van der Waals surface area contributed by atoms with Crippen molar-refractivity contribution in [2.45, 2.75) is 51.9 Å². The lowest BCUT2D eigenvalue weighted by Crippen LogP contribution is -2.47. The van der Waals surface area contributed by atoms with E-state index in [0.29, 0.717) is 47.2 Å². The summed E-state index contributed by atoms with van der Waals surface area (Å²) in [4.78, 5) is 43.0. The van der Waals surface area contributed by atoms with Gasteiger partial charge in [-0.25, -0.2) is 0 Å². The van der Waals surface area contributed by atoms with Crippen molar-refractivity contribution in [3.63, 3.8) is 0 Å². The Bertz CT molecular complexity index is 1430. The van der Waals surface area contributed by atoms with Gasteiger partial charge in [-0.05, 0) is 86.1 Å². The monoisotopic (exact) mass is 585 g/mol. The molecular weight excluding hydrogens is 546 g/mol. The van der Waals surface area contributed by atoms with Gasteiger partial charge in [0.25, 0.3) is 5.91 Å².